The highest BCUT2D eigenvalue weighted by Crippen LogP contribution is 2.26. The van der Waals surface area contributed by atoms with Crippen LogP contribution in [0.15, 0.2) is 29.3 Å². The van der Waals surface area contributed by atoms with Crippen molar-refractivity contribution in [2.24, 2.45) is 0 Å². The zero-order valence-electron chi connectivity index (χ0n) is 14.2. The van der Waals surface area contributed by atoms with Crippen LogP contribution in [0.3, 0.4) is 0 Å². The molecule has 1 atom stereocenters. The van der Waals surface area contributed by atoms with Gasteiger partial charge >= 0.3 is 0 Å². The summed E-state index contributed by atoms with van der Waals surface area (Å²) < 4.78 is 11.8. The molecule has 1 aromatic heterocycles. The van der Waals surface area contributed by atoms with Crippen LogP contribution in [-0.2, 0) is 23.6 Å². The maximum atomic E-state index is 11.8. The molecule has 2 aliphatic rings. The zero-order chi connectivity index (χ0) is 17.4. The standard InChI is InChI=1S/C18H21ClN4OS/c1-2-13-9-14(19)11-15(10-13)22-4-6-23(7-5-22)18-20-12-17-16(21-18)3-8-25(17)24/h9-12H,2-8H2,1H3. The number of rotatable bonds is 3. The minimum absolute atomic E-state index is 0.676. The van der Waals surface area contributed by atoms with E-state index in [1.807, 2.05) is 12.1 Å². The minimum Gasteiger partial charge on any atom is -0.368 e. The number of piperazine rings is 1. The molecule has 3 heterocycles. The highest BCUT2D eigenvalue weighted by Gasteiger charge is 2.24. The Morgan fingerprint density at radius 3 is 2.68 bits per heavy atom. The SMILES string of the molecule is CCc1cc(Cl)cc(N2CCN(c3ncc4c(n3)CCS4=O)CC2)c1. The van der Waals surface area contributed by atoms with Gasteiger partial charge in [0.25, 0.3) is 0 Å². The third-order valence-corrected chi connectivity index (χ3v) is 6.49. The predicted octanol–water partition coefficient (Wildman–Crippen LogP) is 2.68. The van der Waals surface area contributed by atoms with Gasteiger partial charge in [-0.25, -0.2) is 9.97 Å². The lowest BCUT2D eigenvalue weighted by Crippen LogP contribution is -2.47. The van der Waals surface area contributed by atoms with Gasteiger partial charge in [0.15, 0.2) is 0 Å². The third-order valence-electron chi connectivity index (χ3n) is 4.86. The molecule has 1 saturated heterocycles. The topological polar surface area (TPSA) is 49.3 Å². The second-order valence-corrected chi connectivity index (χ2v) is 8.40. The van der Waals surface area contributed by atoms with Gasteiger partial charge in [-0.15, -0.1) is 0 Å². The molecule has 0 aliphatic carbocycles. The largest absolute Gasteiger partial charge is 0.368 e. The molecule has 1 unspecified atom stereocenters. The Kier molecular flexibility index (Phi) is 4.65. The van der Waals surface area contributed by atoms with E-state index in [-0.39, 0.29) is 0 Å². The van der Waals surface area contributed by atoms with Gasteiger partial charge in [-0.2, -0.15) is 0 Å². The summed E-state index contributed by atoms with van der Waals surface area (Å²) in [7, 11) is -0.911. The Hall–Kier alpha value is -1.66. The summed E-state index contributed by atoms with van der Waals surface area (Å²) in [6.07, 6.45) is 3.52. The molecule has 1 aromatic carbocycles. The van der Waals surface area contributed by atoms with E-state index < -0.39 is 10.8 Å². The second-order valence-electron chi connectivity index (χ2n) is 6.43. The number of halogens is 1. The fourth-order valence-corrected chi connectivity index (χ4v) is 4.83. The van der Waals surface area contributed by atoms with Crippen LogP contribution in [0.5, 0.6) is 0 Å². The van der Waals surface area contributed by atoms with Crippen molar-refractivity contribution >= 4 is 34.0 Å². The first-order valence-electron chi connectivity index (χ1n) is 8.67. The van der Waals surface area contributed by atoms with Crippen LogP contribution in [0, 0.1) is 0 Å². The predicted molar refractivity (Wildman–Crippen MR) is 102 cm³/mol. The van der Waals surface area contributed by atoms with E-state index in [0.717, 1.165) is 60.6 Å². The van der Waals surface area contributed by atoms with E-state index in [1.165, 1.54) is 11.3 Å². The highest BCUT2D eigenvalue weighted by molar-refractivity contribution is 7.85. The summed E-state index contributed by atoms with van der Waals surface area (Å²) in [5.41, 5.74) is 3.40. The van der Waals surface area contributed by atoms with Crippen molar-refractivity contribution in [2.75, 3.05) is 41.7 Å². The first-order chi connectivity index (χ1) is 12.1. The molecule has 1 fully saturated rings. The summed E-state index contributed by atoms with van der Waals surface area (Å²) in [6, 6.07) is 6.30. The van der Waals surface area contributed by atoms with Crippen LogP contribution in [0.2, 0.25) is 5.02 Å². The molecule has 7 heteroatoms. The third kappa shape index (κ3) is 3.37. The average molecular weight is 377 g/mol. The lowest BCUT2D eigenvalue weighted by molar-refractivity contribution is 0.637. The number of aryl methyl sites for hydroxylation is 2. The van der Waals surface area contributed by atoms with Crippen LogP contribution in [0.4, 0.5) is 11.6 Å². The molecule has 2 aromatic rings. The van der Waals surface area contributed by atoms with Gasteiger partial charge < -0.3 is 9.80 Å². The van der Waals surface area contributed by atoms with Gasteiger partial charge in [0.1, 0.15) is 0 Å². The van der Waals surface area contributed by atoms with Crippen molar-refractivity contribution in [2.45, 2.75) is 24.7 Å². The van der Waals surface area contributed by atoms with Crippen LogP contribution in [-0.4, -0.2) is 46.1 Å². The second kappa shape index (κ2) is 6.92. The normalized spacial score (nSPS) is 20.0. The molecular formula is C18H21ClN4OS. The van der Waals surface area contributed by atoms with Crippen molar-refractivity contribution in [3.63, 3.8) is 0 Å². The fraction of sp³-hybridized carbons (Fsp3) is 0.444. The molecule has 132 valence electrons. The number of benzene rings is 1. The van der Waals surface area contributed by atoms with E-state index in [2.05, 4.69) is 32.8 Å². The first-order valence-corrected chi connectivity index (χ1v) is 10.4. The molecular weight excluding hydrogens is 356 g/mol. The molecule has 25 heavy (non-hydrogen) atoms. The summed E-state index contributed by atoms with van der Waals surface area (Å²) in [4.78, 5) is 14.5. The van der Waals surface area contributed by atoms with Crippen molar-refractivity contribution in [1.29, 1.82) is 0 Å². The number of anilines is 2. The molecule has 0 N–H and O–H groups in total. The number of aromatic nitrogens is 2. The molecule has 5 nitrogen and oxygen atoms in total. The van der Waals surface area contributed by atoms with Gasteiger partial charge in [0.2, 0.25) is 5.95 Å². The Morgan fingerprint density at radius 2 is 1.92 bits per heavy atom. The summed E-state index contributed by atoms with van der Waals surface area (Å²) >= 11 is 6.26. The van der Waals surface area contributed by atoms with E-state index in [1.54, 1.807) is 6.20 Å². The molecule has 0 radical (unpaired) electrons. The highest BCUT2D eigenvalue weighted by atomic mass is 35.5. The Morgan fingerprint density at radius 1 is 1.16 bits per heavy atom. The van der Waals surface area contributed by atoms with E-state index in [0.29, 0.717) is 5.75 Å². The van der Waals surface area contributed by atoms with Gasteiger partial charge in [-0.05, 0) is 30.2 Å². The maximum absolute atomic E-state index is 11.8. The number of hydrogen-bond donors (Lipinski definition) is 0. The van der Waals surface area contributed by atoms with Crippen molar-refractivity contribution in [3.8, 4) is 0 Å². The summed E-state index contributed by atoms with van der Waals surface area (Å²) in [5, 5.41) is 0.798. The van der Waals surface area contributed by atoms with Crippen molar-refractivity contribution < 1.29 is 4.21 Å². The molecule has 4 rings (SSSR count). The molecule has 0 saturated carbocycles. The van der Waals surface area contributed by atoms with E-state index >= 15 is 0 Å². The molecule has 2 aliphatic heterocycles. The van der Waals surface area contributed by atoms with Crippen molar-refractivity contribution in [3.05, 3.63) is 40.7 Å². The summed E-state index contributed by atoms with van der Waals surface area (Å²) in [6.45, 7) is 5.71. The lowest BCUT2D eigenvalue weighted by Gasteiger charge is -2.36. The Bertz CT molecular complexity index is 821. The smallest absolute Gasteiger partial charge is 0.225 e. The van der Waals surface area contributed by atoms with Gasteiger partial charge in [0.05, 0.1) is 21.4 Å². The molecule has 0 spiro atoms. The quantitative estimate of drug-likeness (QED) is 0.824. The monoisotopic (exact) mass is 376 g/mol. The van der Waals surface area contributed by atoms with Crippen LogP contribution in [0.1, 0.15) is 18.2 Å². The van der Waals surface area contributed by atoms with E-state index in [4.69, 9.17) is 11.6 Å². The van der Waals surface area contributed by atoms with Crippen LogP contribution in [0.25, 0.3) is 0 Å². The zero-order valence-corrected chi connectivity index (χ0v) is 15.8. The number of nitrogens with zero attached hydrogens (tertiary/aromatic N) is 4. The molecule has 0 bridgehead atoms. The number of fused-ring (bicyclic) bond motifs is 1. The number of hydrogen-bond acceptors (Lipinski definition) is 5. The van der Waals surface area contributed by atoms with Gasteiger partial charge in [-0.1, -0.05) is 18.5 Å². The Balaban J connectivity index is 1.47. The van der Waals surface area contributed by atoms with E-state index in [9.17, 15) is 4.21 Å². The summed E-state index contributed by atoms with van der Waals surface area (Å²) in [5.74, 6) is 1.44. The minimum atomic E-state index is -0.911. The van der Waals surface area contributed by atoms with Crippen LogP contribution >= 0.6 is 11.6 Å². The first kappa shape index (κ1) is 16.8. The van der Waals surface area contributed by atoms with Gasteiger partial charge in [-0.3, -0.25) is 4.21 Å². The maximum Gasteiger partial charge on any atom is 0.225 e. The average Bonchev–Trinajstić information content (AvgIpc) is 3.02. The van der Waals surface area contributed by atoms with Crippen molar-refractivity contribution in [1.82, 2.24) is 9.97 Å². The molecule has 0 amide bonds. The lowest BCUT2D eigenvalue weighted by atomic mass is 10.1. The van der Waals surface area contributed by atoms with Crippen LogP contribution < -0.4 is 9.80 Å². The Labute approximate surface area is 155 Å². The van der Waals surface area contributed by atoms with Gasteiger partial charge in [0, 0.05) is 55.3 Å². The fourth-order valence-electron chi connectivity index (χ4n) is 3.40.